The molecule has 0 aliphatic rings. The van der Waals surface area contributed by atoms with Crippen molar-refractivity contribution in [3.63, 3.8) is 0 Å². The van der Waals surface area contributed by atoms with Crippen molar-refractivity contribution in [2.45, 2.75) is 19.9 Å². The zero-order valence-corrected chi connectivity index (χ0v) is 14.1. The van der Waals surface area contributed by atoms with Gasteiger partial charge in [0.05, 0.1) is 18.6 Å². The average molecular weight is 364 g/mol. The fraction of sp³-hybridized carbons (Fsp3) is 0.267. The van der Waals surface area contributed by atoms with Crippen molar-refractivity contribution in [1.29, 1.82) is 0 Å². The number of nitrogens with one attached hydrogen (secondary N) is 2. The first-order valence-electron chi connectivity index (χ1n) is 7.33. The van der Waals surface area contributed by atoms with Crippen LogP contribution in [0.15, 0.2) is 24.3 Å². The van der Waals surface area contributed by atoms with Gasteiger partial charge in [0.25, 0.3) is 0 Å². The Hall–Kier alpha value is -3.01. The number of carbonyl (C=O) groups excluding carboxylic acids is 2. The second kappa shape index (κ2) is 8.73. The number of hydrogen-bond acceptors (Lipinski definition) is 7. The molecule has 1 heterocycles. The number of rotatable bonds is 7. The molecule has 2 amide bonds. The lowest BCUT2D eigenvalue weighted by atomic mass is 10.1. The maximum atomic E-state index is 11.8. The number of urea groups is 1. The lowest BCUT2D eigenvalue weighted by molar-refractivity contribution is -0.142. The van der Waals surface area contributed by atoms with Gasteiger partial charge in [-0.2, -0.15) is 0 Å². The lowest BCUT2D eigenvalue weighted by Crippen LogP contribution is -2.28. The molecule has 2 rings (SSSR count). The van der Waals surface area contributed by atoms with Gasteiger partial charge in [-0.1, -0.05) is 23.5 Å². The van der Waals surface area contributed by atoms with E-state index in [4.69, 9.17) is 9.84 Å². The van der Waals surface area contributed by atoms with E-state index in [1.165, 1.54) is 12.1 Å². The second-order valence-corrected chi connectivity index (χ2v) is 5.85. The number of esters is 1. The van der Waals surface area contributed by atoms with Gasteiger partial charge in [-0.3, -0.25) is 10.1 Å². The van der Waals surface area contributed by atoms with Gasteiger partial charge >= 0.3 is 18.0 Å². The molecule has 1 aromatic carbocycles. The van der Waals surface area contributed by atoms with Crippen LogP contribution in [0.2, 0.25) is 0 Å². The quantitative estimate of drug-likeness (QED) is 0.637. The third kappa shape index (κ3) is 5.84. The first-order valence-corrected chi connectivity index (χ1v) is 8.14. The Morgan fingerprint density at radius 2 is 1.92 bits per heavy atom. The minimum Gasteiger partial charge on any atom is -0.478 e. The van der Waals surface area contributed by atoms with Gasteiger partial charge in [0.15, 0.2) is 0 Å². The van der Waals surface area contributed by atoms with Gasteiger partial charge in [-0.15, -0.1) is 10.2 Å². The molecule has 0 unspecified atom stereocenters. The highest BCUT2D eigenvalue weighted by Crippen LogP contribution is 2.16. The molecule has 0 bridgehead atoms. The van der Waals surface area contributed by atoms with Crippen LogP contribution in [0.25, 0.3) is 0 Å². The van der Waals surface area contributed by atoms with Crippen molar-refractivity contribution in [1.82, 2.24) is 15.5 Å². The highest BCUT2D eigenvalue weighted by atomic mass is 32.1. The Morgan fingerprint density at radius 1 is 1.20 bits per heavy atom. The number of benzene rings is 1. The smallest absolute Gasteiger partial charge is 0.335 e. The van der Waals surface area contributed by atoms with Crippen LogP contribution in [-0.4, -0.2) is 39.9 Å². The summed E-state index contributed by atoms with van der Waals surface area (Å²) in [7, 11) is 0. The summed E-state index contributed by atoms with van der Waals surface area (Å²) >= 11 is 1.08. The van der Waals surface area contributed by atoms with Crippen molar-refractivity contribution >= 4 is 34.4 Å². The molecule has 0 saturated heterocycles. The van der Waals surface area contributed by atoms with Crippen LogP contribution in [-0.2, 0) is 22.5 Å². The van der Waals surface area contributed by atoms with Gasteiger partial charge in [-0.25, -0.2) is 9.59 Å². The predicted molar refractivity (Wildman–Crippen MR) is 89.5 cm³/mol. The summed E-state index contributed by atoms with van der Waals surface area (Å²) in [5.41, 5.74) is 0.927. The number of ether oxygens (including phenoxy) is 1. The van der Waals surface area contributed by atoms with E-state index in [1.54, 1.807) is 19.1 Å². The average Bonchev–Trinajstić information content (AvgIpc) is 3.00. The molecule has 2 aromatic rings. The molecular formula is C15H16N4O5S. The molecule has 3 N–H and O–H groups in total. The molecule has 0 atom stereocenters. The van der Waals surface area contributed by atoms with Gasteiger partial charge in [0.1, 0.15) is 5.01 Å². The maximum absolute atomic E-state index is 11.8. The van der Waals surface area contributed by atoms with E-state index in [-0.39, 0.29) is 23.7 Å². The Morgan fingerprint density at radius 3 is 2.56 bits per heavy atom. The Balaban J connectivity index is 1.81. The summed E-state index contributed by atoms with van der Waals surface area (Å²) in [5.74, 6) is -1.41. The largest absolute Gasteiger partial charge is 0.478 e. The van der Waals surface area contributed by atoms with Crippen LogP contribution in [0.4, 0.5) is 9.93 Å². The number of aromatic nitrogens is 2. The minimum atomic E-state index is -1.01. The number of aromatic carboxylic acids is 1. The Bertz CT molecular complexity index is 760. The monoisotopic (exact) mass is 364 g/mol. The minimum absolute atomic E-state index is 0.00469. The lowest BCUT2D eigenvalue weighted by Gasteiger charge is -2.05. The van der Waals surface area contributed by atoms with Crippen molar-refractivity contribution in [3.05, 3.63) is 40.4 Å². The molecular weight excluding hydrogens is 348 g/mol. The van der Waals surface area contributed by atoms with Crippen LogP contribution in [0, 0.1) is 0 Å². The standard InChI is InChI=1S/C15H16N4O5S/c1-2-24-12(20)7-11-18-19-15(25-11)17-14(23)16-8-9-3-5-10(6-4-9)13(21)22/h3-6H,2,7-8H2,1H3,(H,21,22)(H2,16,17,19,23). The molecule has 0 fully saturated rings. The zero-order chi connectivity index (χ0) is 18.2. The summed E-state index contributed by atoms with van der Waals surface area (Å²) in [4.78, 5) is 33.9. The van der Waals surface area contributed by atoms with E-state index in [9.17, 15) is 14.4 Å². The van der Waals surface area contributed by atoms with Crippen LogP contribution < -0.4 is 10.6 Å². The number of carboxylic acids is 1. The van der Waals surface area contributed by atoms with Crippen molar-refractivity contribution < 1.29 is 24.2 Å². The molecule has 0 radical (unpaired) electrons. The molecule has 132 valence electrons. The summed E-state index contributed by atoms with van der Waals surface area (Å²) in [6.07, 6.45) is 0.00469. The first kappa shape index (κ1) is 18.3. The van der Waals surface area contributed by atoms with Crippen molar-refractivity contribution in [2.24, 2.45) is 0 Å². The summed E-state index contributed by atoms with van der Waals surface area (Å²) in [6, 6.07) is 5.67. The third-order valence-electron chi connectivity index (χ3n) is 2.94. The van der Waals surface area contributed by atoms with Gasteiger partial charge in [0.2, 0.25) is 5.13 Å². The number of nitrogens with zero attached hydrogens (tertiary/aromatic N) is 2. The van der Waals surface area contributed by atoms with E-state index in [2.05, 4.69) is 20.8 Å². The fourth-order valence-corrected chi connectivity index (χ4v) is 2.52. The number of amides is 2. The summed E-state index contributed by atoms with van der Waals surface area (Å²) in [6.45, 7) is 2.23. The van der Waals surface area contributed by atoms with E-state index in [1.807, 2.05) is 0 Å². The highest BCUT2D eigenvalue weighted by molar-refractivity contribution is 7.15. The summed E-state index contributed by atoms with van der Waals surface area (Å²) in [5, 5.41) is 22.2. The van der Waals surface area contributed by atoms with Gasteiger partial charge in [0, 0.05) is 6.54 Å². The second-order valence-electron chi connectivity index (χ2n) is 4.79. The molecule has 10 heteroatoms. The maximum Gasteiger partial charge on any atom is 0.335 e. The normalized spacial score (nSPS) is 10.1. The first-order chi connectivity index (χ1) is 12.0. The SMILES string of the molecule is CCOC(=O)Cc1nnc(NC(=O)NCc2ccc(C(=O)O)cc2)s1. The number of hydrogen-bond donors (Lipinski definition) is 3. The topological polar surface area (TPSA) is 131 Å². The fourth-order valence-electron chi connectivity index (χ4n) is 1.80. The molecule has 0 saturated carbocycles. The molecule has 25 heavy (non-hydrogen) atoms. The zero-order valence-electron chi connectivity index (χ0n) is 13.3. The predicted octanol–water partition coefficient (Wildman–Crippen LogP) is 1.66. The number of anilines is 1. The molecule has 0 aliphatic carbocycles. The van der Waals surface area contributed by atoms with E-state index in [0.717, 1.165) is 16.9 Å². The van der Waals surface area contributed by atoms with E-state index >= 15 is 0 Å². The van der Waals surface area contributed by atoms with Gasteiger partial charge in [-0.05, 0) is 24.6 Å². The Labute approximate surface area is 147 Å². The van der Waals surface area contributed by atoms with Gasteiger partial charge < -0.3 is 15.2 Å². The number of carbonyl (C=O) groups is 3. The van der Waals surface area contributed by atoms with Crippen LogP contribution in [0.1, 0.15) is 27.9 Å². The van der Waals surface area contributed by atoms with E-state index < -0.39 is 18.0 Å². The molecule has 0 aliphatic heterocycles. The van der Waals surface area contributed by atoms with Crippen molar-refractivity contribution in [3.8, 4) is 0 Å². The third-order valence-corrected chi connectivity index (χ3v) is 3.78. The summed E-state index contributed by atoms with van der Waals surface area (Å²) < 4.78 is 4.81. The van der Waals surface area contributed by atoms with Crippen LogP contribution in [0.3, 0.4) is 0 Å². The Kier molecular flexibility index (Phi) is 6.40. The number of carboxylic acid groups (broad SMARTS) is 1. The van der Waals surface area contributed by atoms with Crippen molar-refractivity contribution in [2.75, 3.05) is 11.9 Å². The van der Waals surface area contributed by atoms with Crippen LogP contribution in [0.5, 0.6) is 0 Å². The van der Waals surface area contributed by atoms with E-state index in [0.29, 0.717) is 11.6 Å². The molecule has 1 aromatic heterocycles. The molecule has 9 nitrogen and oxygen atoms in total. The molecule has 0 spiro atoms. The van der Waals surface area contributed by atoms with Crippen LogP contribution >= 0.6 is 11.3 Å². The highest BCUT2D eigenvalue weighted by Gasteiger charge is 2.12.